The van der Waals surface area contributed by atoms with Crippen molar-refractivity contribution in [2.75, 3.05) is 0 Å². The van der Waals surface area contributed by atoms with E-state index in [0.29, 0.717) is 11.7 Å². The number of hydrogen-bond acceptors (Lipinski definition) is 1. The summed E-state index contributed by atoms with van der Waals surface area (Å²) in [6.45, 7) is 5.75. The number of aromatic hydroxyl groups is 1. The van der Waals surface area contributed by atoms with Crippen molar-refractivity contribution in [2.24, 2.45) is 0 Å². The first-order valence-corrected chi connectivity index (χ1v) is 4.14. The zero-order valence-electron chi connectivity index (χ0n) is 7.33. The van der Waals surface area contributed by atoms with Gasteiger partial charge in [-0.05, 0) is 24.0 Å². The van der Waals surface area contributed by atoms with Crippen LogP contribution in [0.3, 0.4) is 0 Å². The minimum Gasteiger partial charge on any atom is -0.508 e. The number of hydrogen-bond donors (Lipinski definition) is 1. The molecule has 0 amide bonds. The molecule has 0 aliphatic rings. The molecule has 0 aliphatic carbocycles. The molecule has 1 aromatic carbocycles. The molecule has 1 unspecified atom stereocenters. The lowest BCUT2D eigenvalue weighted by Crippen LogP contribution is -1.91. The average Bonchev–Trinajstić information content (AvgIpc) is 2.05. The molecule has 0 bridgehead atoms. The molecule has 0 aromatic heterocycles. The fourth-order valence-electron chi connectivity index (χ4n) is 1.28. The molecule has 1 atom stereocenters. The van der Waals surface area contributed by atoms with Gasteiger partial charge in [-0.1, -0.05) is 31.2 Å². The average molecular weight is 162 g/mol. The van der Waals surface area contributed by atoms with E-state index in [1.165, 1.54) is 0 Å². The summed E-state index contributed by atoms with van der Waals surface area (Å²) in [6.07, 6.45) is 2.77. The van der Waals surface area contributed by atoms with Crippen LogP contribution in [-0.2, 0) is 0 Å². The lowest BCUT2D eigenvalue weighted by molar-refractivity contribution is 0.463. The van der Waals surface area contributed by atoms with E-state index in [1.807, 2.05) is 24.3 Å². The number of para-hydroxylation sites is 1. The maximum absolute atomic E-state index is 9.47. The number of rotatable bonds is 3. The van der Waals surface area contributed by atoms with Gasteiger partial charge in [0.15, 0.2) is 0 Å². The number of phenols is 1. The van der Waals surface area contributed by atoms with Crippen LogP contribution in [0.15, 0.2) is 36.9 Å². The molecule has 0 saturated carbocycles. The predicted octanol–water partition coefficient (Wildman–Crippen LogP) is 3.07. The van der Waals surface area contributed by atoms with Gasteiger partial charge in [-0.2, -0.15) is 0 Å². The molecule has 1 rings (SSSR count). The third kappa shape index (κ3) is 1.88. The Kier molecular flexibility index (Phi) is 2.92. The Hall–Kier alpha value is -1.24. The first kappa shape index (κ1) is 8.85. The highest BCUT2D eigenvalue weighted by molar-refractivity contribution is 5.34. The molecular formula is C11H14O. The molecule has 1 N–H and O–H groups in total. The summed E-state index contributed by atoms with van der Waals surface area (Å²) in [5.41, 5.74) is 0.998. The first-order chi connectivity index (χ1) is 5.75. The van der Waals surface area contributed by atoms with Gasteiger partial charge in [0.05, 0.1) is 0 Å². The zero-order valence-corrected chi connectivity index (χ0v) is 7.33. The summed E-state index contributed by atoms with van der Waals surface area (Å²) in [5.74, 6) is 0.732. The predicted molar refractivity (Wildman–Crippen MR) is 51.3 cm³/mol. The fraction of sp³-hybridized carbons (Fsp3) is 0.273. The molecule has 1 heteroatoms. The minimum absolute atomic E-state index is 0.351. The molecule has 0 radical (unpaired) electrons. The molecule has 0 heterocycles. The summed E-state index contributed by atoms with van der Waals surface area (Å²) in [4.78, 5) is 0. The van der Waals surface area contributed by atoms with Gasteiger partial charge in [0.2, 0.25) is 0 Å². The van der Waals surface area contributed by atoms with E-state index >= 15 is 0 Å². The van der Waals surface area contributed by atoms with Crippen molar-refractivity contribution in [3.8, 4) is 5.75 Å². The van der Waals surface area contributed by atoms with Crippen LogP contribution in [0.2, 0.25) is 0 Å². The van der Waals surface area contributed by atoms with Gasteiger partial charge in [0.25, 0.3) is 0 Å². The van der Waals surface area contributed by atoms with Crippen LogP contribution in [0.4, 0.5) is 0 Å². The van der Waals surface area contributed by atoms with Crippen molar-refractivity contribution < 1.29 is 5.11 Å². The van der Waals surface area contributed by atoms with Crippen molar-refractivity contribution in [1.29, 1.82) is 0 Å². The Morgan fingerprint density at radius 3 is 2.75 bits per heavy atom. The molecular weight excluding hydrogens is 148 g/mol. The Bertz CT molecular complexity index is 265. The van der Waals surface area contributed by atoms with Gasteiger partial charge >= 0.3 is 0 Å². The minimum atomic E-state index is 0.351. The van der Waals surface area contributed by atoms with Crippen molar-refractivity contribution >= 4 is 0 Å². The summed E-state index contributed by atoms with van der Waals surface area (Å²) >= 11 is 0. The van der Waals surface area contributed by atoms with Crippen LogP contribution < -0.4 is 0 Å². The Labute approximate surface area is 73.4 Å². The molecule has 0 aliphatic heterocycles. The van der Waals surface area contributed by atoms with Gasteiger partial charge in [-0.3, -0.25) is 0 Å². The standard InChI is InChI=1S/C11H14O/c1-3-6-9(2)10-7-4-5-8-11(10)12/h3-5,7-9,12H,1,6H2,2H3. The van der Waals surface area contributed by atoms with Gasteiger partial charge in [-0.25, -0.2) is 0 Å². The Morgan fingerprint density at radius 1 is 1.50 bits per heavy atom. The van der Waals surface area contributed by atoms with Gasteiger partial charge < -0.3 is 5.11 Å². The number of benzene rings is 1. The summed E-state index contributed by atoms with van der Waals surface area (Å²) in [7, 11) is 0. The van der Waals surface area contributed by atoms with E-state index in [1.54, 1.807) is 6.07 Å². The summed E-state index contributed by atoms with van der Waals surface area (Å²) in [5, 5.41) is 9.47. The van der Waals surface area contributed by atoms with Crippen LogP contribution >= 0.6 is 0 Å². The maximum Gasteiger partial charge on any atom is 0.119 e. The van der Waals surface area contributed by atoms with Crippen LogP contribution in [0.1, 0.15) is 24.8 Å². The third-order valence-electron chi connectivity index (χ3n) is 1.99. The SMILES string of the molecule is C=CCC(C)c1ccccc1O. The smallest absolute Gasteiger partial charge is 0.119 e. The van der Waals surface area contributed by atoms with E-state index in [9.17, 15) is 5.11 Å². The molecule has 0 fully saturated rings. The second-order valence-electron chi connectivity index (χ2n) is 2.98. The zero-order chi connectivity index (χ0) is 8.97. The topological polar surface area (TPSA) is 20.2 Å². The molecule has 0 spiro atoms. The first-order valence-electron chi connectivity index (χ1n) is 4.14. The van der Waals surface area contributed by atoms with E-state index in [4.69, 9.17) is 0 Å². The second-order valence-corrected chi connectivity index (χ2v) is 2.98. The Balaban J connectivity index is 2.86. The third-order valence-corrected chi connectivity index (χ3v) is 1.99. The highest BCUT2D eigenvalue weighted by Crippen LogP contribution is 2.27. The van der Waals surface area contributed by atoms with E-state index in [0.717, 1.165) is 12.0 Å². The monoisotopic (exact) mass is 162 g/mol. The highest BCUT2D eigenvalue weighted by atomic mass is 16.3. The molecule has 0 saturated heterocycles. The van der Waals surface area contributed by atoms with Crippen molar-refractivity contribution in [1.82, 2.24) is 0 Å². The quantitative estimate of drug-likeness (QED) is 0.677. The largest absolute Gasteiger partial charge is 0.508 e. The normalized spacial score (nSPS) is 12.4. The van der Waals surface area contributed by atoms with Gasteiger partial charge in [0, 0.05) is 0 Å². The van der Waals surface area contributed by atoms with Crippen molar-refractivity contribution in [3.63, 3.8) is 0 Å². The van der Waals surface area contributed by atoms with Crippen LogP contribution in [0.25, 0.3) is 0 Å². The molecule has 64 valence electrons. The maximum atomic E-state index is 9.47. The second kappa shape index (κ2) is 3.96. The highest BCUT2D eigenvalue weighted by Gasteiger charge is 2.06. The van der Waals surface area contributed by atoms with Crippen LogP contribution in [0, 0.1) is 0 Å². The summed E-state index contributed by atoms with van der Waals surface area (Å²) in [6, 6.07) is 7.44. The molecule has 1 aromatic rings. The lowest BCUT2D eigenvalue weighted by Gasteiger charge is -2.10. The van der Waals surface area contributed by atoms with Gasteiger partial charge in [-0.15, -0.1) is 6.58 Å². The van der Waals surface area contributed by atoms with Crippen LogP contribution in [0.5, 0.6) is 5.75 Å². The lowest BCUT2D eigenvalue weighted by atomic mass is 9.97. The molecule has 12 heavy (non-hydrogen) atoms. The number of allylic oxidation sites excluding steroid dienone is 1. The van der Waals surface area contributed by atoms with E-state index in [2.05, 4.69) is 13.5 Å². The fourth-order valence-corrected chi connectivity index (χ4v) is 1.28. The number of phenolic OH excluding ortho intramolecular Hbond substituents is 1. The van der Waals surface area contributed by atoms with Crippen molar-refractivity contribution in [3.05, 3.63) is 42.5 Å². The van der Waals surface area contributed by atoms with Crippen LogP contribution in [-0.4, -0.2) is 5.11 Å². The molecule has 1 nitrogen and oxygen atoms in total. The van der Waals surface area contributed by atoms with E-state index < -0.39 is 0 Å². The Morgan fingerprint density at radius 2 is 2.17 bits per heavy atom. The van der Waals surface area contributed by atoms with E-state index in [-0.39, 0.29) is 0 Å². The van der Waals surface area contributed by atoms with Crippen molar-refractivity contribution in [2.45, 2.75) is 19.3 Å². The summed E-state index contributed by atoms with van der Waals surface area (Å²) < 4.78 is 0. The van der Waals surface area contributed by atoms with Gasteiger partial charge in [0.1, 0.15) is 5.75 Å².